The summed E-state index contributed by atoms with van der Waals surface area (Å²) in [5, 5.41) is 3.47. The van der Waals surface area contributed by atoms with E-state index in [1.54, 1.807) is 41.3 Å². The molecular weight excluding hydrogens is 367 g/mol. The van der Waals surface area contributed by atoms with Crippen molar-refractivity contribution < 1.29 is 14.0 Å². The maximum Gasteiger partial charge on any atom is 0.253 e. The molecule has 4 nitrogen and oxygen atoms in total. The van der Waals surface area contributed by atoms with Crippen molar-refractivity contribution in [2.45, 2.75) is 25.8 Å². The van der Waals surface area contributed by atoms with E-state index in [9.17, 15) is 14.0 Å². The minimum atomic E-state index is -0.426. The van der Waals surface area contributed by atoms with Gasteiger partial charge >= 0.3 is 0 Å². The first-order valence-corrected chi connectivity index (χ1v) is 9.33. The summed E-state index contributed by atoms with van der Waals surface area (Å²) in [6, 6.07) is 12.9. The highest BCUT2D eigenvalue weighted by molar-refractivity contribution is 6.30. The van der Waals surface area contributed by atoms with Crippen LogP contribution in [-0.2, 0) is 4.79 Å². The molecule has 1 N–H and O–H groups in total. The second-order valence-corrected chi connectivity index (χ2v) is 7.58. The molecule has 1 heterocycles. The third-order valence-electron chi connectivity index (χ3n) is 4.74. The van der Waals surface area contributed by atoms with Crippen LogP contribution in [-0.4, -0.2) is 35.8 Å². The first-order valence-electron chi connectivity index (χ1n) is 8.96. The van der Waals surface area contributed by atoms with Crippen LogP contribution in [0.4, 0.5) is 4.39 Å². The molecule has 0 aromatic heterocycles. The van der Waals surface area contributed by atoms with Crippen LogP contribution in [0.3, 0.4) is 0 Å². The number of nitrogens with one attached hydrogen (secondary N) is 1. The Morgan fingerprint density at radius 2 is 1.85 bits per heavy atom. The van der Waals surface area contributed by atoms with Gasteiger partial charge < -0.3 is 10.2 Å². The smallest absolute Gasteiger partial charge is 0.253 e. The zero-order chi connectivity index (χ0) is 19.6. The number of rotatable bonds is 4. The Balaban J connectivity index is 1.87. The van der Waals surface area contributed by atoms with E-state index >= 15 is 0 Å². The number of carbonyl (C=O) groups is 2. The minimum absolute atomic E-state index is 0.00771. The van der Waals surface area contributed by atoms with Crippen molar-refractivity contribution in [2.75, 3.05) is 13.1 Å². The van der Waals surface area contributed by atoms with Gasteiger partial charge in [0.15, 0.2) is 0 Å². The van der Waals surface area contributed by atoms with Gasteiger partial charge in [0.25, 0.3) is 5.91 Å². The van der Waals surface area contributed by atoms with Crippen molar-refractivity contribution in [1.82, 2.24) is 10.2 Å². The van der Waals surface area contributed by atoms with Crippen molar-refractivity contribution in [3.63, 3.8) is 0 Å². The average Bonchev–Trinajstić information content (AvgIpc) is 3.07. The predicted molar refractivity (Wildman–Crippen MR) is 103 cm³/mol. The zero-order valence-electron chi connectivity index (χ0n) is 15.3. The van der Waals surface area contributed by atoms with Crippen LogP contribution < -0.4 is 5.32 Å². The first-order chi connectivity index (χ1) is 12.8. The Morgan fingerprint density at radius 1 is 1.15 bits per heavy atom. The van der Waals surface area contributed by atoms with Crippen LogP contribution in [0, 0.1) is 11.7 Å². The first kappa shape index (κ1) is 19.4. The van der Waals surface area contributed by atoms with Crippen LogP contribution >= 0.6 is 11.6 Å². The highest BCUT2D eigenvalue weighted by Crippen LogP contribution is 2.34. The van der Waals surface area contributed by atoms with E-state index in [1.807, 2.05) is 13.8 Å². The summed E-state index contributed by atoms with van der Waals surface area (Å²) in [5.74, 6) is -1.31. The SMILES string of the molecule is CC(C)NC(=O)[C@H]1CN(C(=O)c2ccc(Cl)cc2)C[C@@H]1c1cccc(F)c1. The number of hydrogen-bond donors (Lipinski definition) is 1. The lowest BCUT2D eigenvalue weighted by Crippen LogP contribution is -2.39. The molecule has 27 heavy (non-hydrogen) atoms. The molecule has 0 spiro atoms. The van der Waals surface area contributed by atoms with Crippen molar-refractivity contribution in [3.05, 3.63) is 70.5 Å². The van der Waals surface area contributed by atoms with Crippen molar-refractivity contribution >= 4 is 23.4 Å². The maximum atomic E-state index is 13.7. The molecule has 1 aliphatic rings. The van der Waals surface area contributed by atoms with E-state index in [2.05, 4.69) is 5.32 Å². The van der Waals surface area contributed by atoms with E-state index < -0.39 is 5.92 Å². The van der Waals surface area contributed by atoms with E-state index in [0.29, 0.717) is 23.7 Å². The van der Waals surface area contributed by atoms with Gasteiger partial charge in [0.05, 0.1) is 5.92 Å². The van der Waals surface area contributed by atoms with E-state index in [1.165, 1.54) is 12.1 Å². The minimum Gasteiger partial charge on any atom is -0.354 e. The van der Waals surface area contributed by atoms with Crippen LogP contribution in [0.5, 0.6) is 0 Å². The Bertz CT molecular complexity index is 838. The molecule has 0 aliphatic carbocycles. The summed E-state index contributed by atoms with van der Waals surface area (Å²) in [5.41, 5.74) is 1.24. The third-order valence-corrected chi connectivity index (χ3v) is 4.99. The highest BCUT2D eigenvalue weighted by atomic mass is 35.5. The Hall–Kier alpha value is -2.40. The quantitative estimate of drug-likeness (QED) is 0.864. The number of hydrogen-bond acceptors (Lipinski definition) is 2. The van der Waals surface area contributed by atoms with Gasteiger partial charge in [-0.3, -0.25) is 9.59 Å². The van der Waals surface area contributed by atoms with Gasteiger partial charge in [-0.2, -0.15) is 0 Å². The van der Waals surface area contributed by atoms with Gasteiger partial charge in [-0.25, -0.2) is 4.39 Å². The molecule has 2 aromatic carbocycles. The van der Waals surface area contributed by atoms with Gasteiger partial charge in [-0.15, -0.1) is 0 Å². The third kappa shape index (κ3) is 4.48. The summed E-state index contributed by atoms with van der Waals surface area (Å²) in [6.07, 6.45) is 0. The van der Waals surface area contributed by atoms with Crippen molar-refractivity contribution in [3.8, 4) is 0 Å². The van der Waals surface area contributed by atoms with Crippen LogP contribution in [0.1, 0.15) is 35.7 Å². The van der Waals surface area contributed by atoms with Crippen LogP contribution in [0.15, 0.2) is 48.5 Å². The molecule has 0 radical (unpaired) electrons. The molecule has 1 fully saturated rings. The summed E-state index contributed by atoms with van der Waals surface area (Å²) in [6.45, 7) is 4.43. The molecule has 2 amide bonds. The molecule has 0 bridgehead atoms. The number of nitrogens with zero attached hydrogens (tertiary/aromatic N) is 1. The summed E-state index contributed by atoms with van der Waals surface area (Å²) in [4.78, 5) is 27.2. The summed E-state index contributed by atoms with van der Waals surface area (Å²) < 4.78 is 13.7. The topological polar surface area (TPSA) is 49.4 Å². The van der Waals surface area contributed by atoms with E-state index in [0.717, 1.165) is 5.56 Å². The normalized spacial score (nSPS) is 19.4. The highest BCUT2D eigenvalue weighted by Gasteiger charge is 2.40. The van der Waals surface area contributed by atoms with Gasteiger partial charge in [-0.1, -0.05) is 23.7 Å². The number of carbonyl (C=O) groups excluding carboxylic acids is 2. The number of amides is 2. The molecule has 2 aromatic rings. The van der Waals surface area contributed by atoms with E-state index in [-0.39, 0.29) is 29.6 Å². The van der Waals surface area contributed by atoms with Crippen LogP contribution in [0.2, 0.25) is 5.02 Å². The predicted octanol–water partition coefficient (Wildman–Crippen LogP) is 3.86. The van der Waals surface area contributed by atoms with Crippen LogP contribution in [0.25, 0.3) is 0 Å². The molecule has 1 aliphatic heterocycles. The zero-order valence-corrected chi connectivity index (χ0v) is 16.0. The Labute approximate surface area is 163 Å². The summed E-state index contributed by atoms with van der Waals surface area (Å²) in [7, 11) is 0. The van der Waals surface area contributed by atoms with Crippen molar-refractivity contribution in [2.24, 2.45) is 5.92 Å². The number of halogens is 2. The molecule has 6 heteroatoms. The lowest BCUT2D eigenvalue weighted by molar-refractivity contribution is -0.125. The molecule has 142 valence electrons. The van der Waals surface area contributed by atoms with Gasteiger partial charge in [0, 0.05) is 35.6 Å². The summed E-state index contributed by atoms with van der Waals surface area (Å²) >= 11 is 5.89. The standard InChI is InChI=1S/C21H22ClFN2O2/c1-13(2)24-20(26)19-12-25(21(27)14-6-8-16(22)9-7-14)11-18(19)15-4-3-5-17(23)10-15/h3-10,13,18-19H,11-12H2,1-2H3,(H,24,26)/t18-,19+/m1/s1. The fourth-order valence-corrected chi connectivity index (χ4v) is 3.60. The van der Waals surface area contributed by atoms with Gasteiger partial charge in [0.2, 0.25) is 5.91 Å². The number of likely N-dealkylation sites (tertiary alicyclic amines) is 1. The largest absolute Gasteiger partial charge is 0.354 e. The fourth-order valence-electron chi connectivity index (χ4n) is 3.48. The lowest BCUT2D eigenvalue weighted by Gasteiger charge is -2.19. The molecule has 0 unspecified atom stereocenters. The van der Waals surface area contributed by atoms with Gasteiger partial charge in [0.1, 0.15) is 5.82 Å². The van der Waals surface area contributed by atoms with E-state index in [4.69, 9.17) is 11.6 Å². The fraction of sp³-hybridized carbons (Fsp3) is 0.333. The maximum absolute atomic E-state index is 13.7. The second kappa shape index (κ2) is 8.09. The second-order valence-electron chi connectivity index (χ2n) is 7.15. The lowest BCUT2D eigenvalue weighted by atomic mass is 9.88. The van der Waals surface area contributed by atoms with Crippen molar-refractivity contribution in [1.29, 1.82) is 0 Å². The molecule has 1 saturated heterocycles. The molecular formula is C21H22ClFN2O2. The average molecular weight is 389 g/mol. The Morgan fingerprint density at radius 3 is 2.48 bits per heavy atom. The molecule has 3 rings (SSSR count). The molecule has 0 saturated carbocycles. The molecule has 2 atom stereocenters. The van der Waals surface area contributed by atoms with Gasteiger partial charge in [-0.05, 0) is 55.8 Å². The Kier molecular flexibility index (Phi) is 5.80. The number of benzene rings is 2. The monoisotopic (exact) mass is 388 g/mol.